The van der Waals surface area contributed by atoms with Gasteiger partial charge in [0.15, 0.2) is 0 Å². The molecular formula is C14H24N2S. The molecule has 0 aromatic heterocycles. The third-order valence-corrected chi connectivity index (χ3v) is 3.90. The minimum atomic E-state index is 0.462. The van der Waals surface area contributed by atoms with Gasteiger partial charge in [0, 0.05) is 10.9 Å². The van der Waals surface area contributed by atoms with Gasteiger partial charge in [0.25, 0.3) is 0 Å². The van der Waals surface area contributed by atoms with Gasteiger partial charge in [-0.2, -0.15) is 0 Å². The van der Waals surface area contributed by atoms with Crippen LogP contribution in [-0.4, -0.2) is 31.8 Å². The average molecular weight is 252 g/mol. The molecule has 17 heavy (non-hydrogen) atoms. The topological polar surface area (TPSA) is 29.3 Å². The van der Waals surface area contributed by atoms with E-state index < -0.39 is 0 Å². The Bertz CT molecular complexity index is 321. The molecule has 2 unspecified atom stereocenters. The zero-order valence-electron chi connectivity index (χ0n) is 11.3. The first kappa shape index (κ1) is 14.6. The highest BCUT2D eigenvalue weighted by atomic mass is 32.2. The average Bonchev–Trinajstić information content (AvgIpc) is 2.35. The lowest BCUT2D eigenvalue weighted by atomic mass is 9.95. The smallest absolute Gasteiger partial charge is 0.0345 e. The predicted octanol–water partition coefficient (Wildman–Crippen LogP) is 3.00. The molecule has 1 aromatic rings. The van der Waals surface area contributed by atoms with Crippen molar-refractivity contribution < 1.29 is 0 Å². The second-order valence-corrected chi connectivity index (χ2v) is 5.71. The summed E-state index contributed by atoms with van der Waals surface area (Å²) in [6, 6.07) is 9.33. The highest BCUT2D eigenvalue weighted by Crippen LogP contribution is 2.27. The lowest BCUT2D eigenvalue weighted by Gasteiger charge is -2.27. The van der Waals surface area contributed by atoms with Gasteiger partial charge in [-0.15, -0.1) is 11.8 Å². The molecule has 0 bridgehead atoms. The number of hydrogen-bond acceptors (Lipinski definition) is 3. The molecule has 0 aliphatic rings. The third kappa shape index (κ3) is 4.34. The van der Waals surface area contributed by atoms with E-state index in [0.717, 1.165) is 13.0 Å². The van der Waals surface area contributed by atoms with Crippen LogP contribution in [0.5, 0.6) is 0 Å². The summed E-state index contributed by atoms with van der Waals surface area (Å²) >= 11 is 1.78. The summed E-state index contributed by atoms with van der Waals surface area (Å²) < 4.78 is 0. The van der Waals surface area contributed by atoms with Crippen molar-refractivity contribution in [3.05, 3.63) is 29.8 Å². The molecule has 3 heteroatoms. The van der Waals surface area contributed by atoms with Gasteiger partial charge in [-0.1, -0.05) is 19.1 Å². The van der Waals surface area contributed by atoms with Crippen LogP contribution in [0.1, 0.15) is 24.9 Å². The van der Waals surface area contributed by atoms with E-state index in [-0.39, 0.29) is 0 Å². The highest BCUT2D eigenvalue weighted by molar-refractivity contribution is 7.98. The molecule has 0 fully saturated rings. The van der Waals surface area contributed by atoms with Crippen LogP contribution >= 0.6 is 11.8 Å². The molecule has 0 spiro atoms. The second-order valence-electron chi connectivity index (χ2n) is 4.83. The summed E-state index contributed by atoms with van der Waals surface area (Å²) in [5, 5.41) is 0. The SMILES string of the molecule is CSc1ccc(C(CC(C)CN)N(C)C)cc1. The van der Waals surface area contributed by atoms with E-state index in [4.69, 9.17) is 5.73 Å². The monoisotopic (exact) mass is 252 g/mol. The highest BCUT2D eigenvalue weighted by Gasteiger charge is 2.16. The van der Waals surface area contributed by atoms with Gasteiger partial charge in [0.2, 0.25) is 0 Å². The lowest BCUT2D eigenvalue weighted by molar-refractivity contribution is 0.255. The molecule has 2 nitrogen and oxygen atoms in total. The molecule has 0 saturated carbocycles. The molecule has 0 aliphatic carbocycles. The zero-order valence-corrected chi connectivity index (χ0v) is 12.1. The summed E-state index contributed by atoms with van der Waals surface area (Å²) in [4.78, 5) is 3.60. The molecule has 0 saturated heterocycles. The van der Waals surface area contributed by atoms with Crippen molar-refractivity contribution in [3.8, 4) is 0 Å². The van der Waals surface area contributed by atoms with E-state index >= 15 is 0 Å². The van der Waals surface area contributed by atoms with E-state index in [1.54, 1.807) is 11.8 Å². The van der Waals surface area contributed by atoms with Crippen molar-refractivity contribution in [1.82, 2.24) is 4.90 Å². The summed E-state index contributed by atoms with van der Waals surface area (Å²) in [6.45, 7) is 2.97. The van der Waals surface area contributed by atoms with E-state index in [9.17, 15) is 0 Å². The fraction of sp³-hybridized carbons (Fsp3) is 0.571. The van der Waals surface area contributed by atoms with Crippen molar-refractivity contribution in [2.75, 3.05) is 26.9 Å². The van der Waals surface area contributed by atoms with Gasteiger partial charge in [-0.3, -0.25) is 0 Å². The van der Waals surface area contributed by atoms with Crippen LogP contribution in [0, 0.1) is 5.92 Å². The third-order valence-electron chi connectivity index (χ3n) is 3.15. The van der Waals surface area contributed by atoms with Crippen molar-refractivity contribution in [3.63, 3.8) is 0 Å². The Morgan fingerprint density at radius 2 is 1.82 bits per heavy atom. The molecule has 1 rings (SSSR count). The minimum Gasteiger partial charge on any atom is -0.330 e. The van der Waals surface area contributed by atoms with Crippen LogP contribution < -0.4 is 5.73 Å². The number of rotatable bonds is 6. The van der Waals surface area contributed by atoms with Gasteiger partial charge < -0.3 is 10.6 Å². The Morgan fingerprint density at radius 3 is 2.24 bits per heavy atom. The van der Waals surface area contributed by atoms with Crippen molar-refractivity contribution >= 4 is 11.8 Å². The number of hydrogen-bond donors (Lipinski definition) is 1. The number of nitrogens with two attached hydrogens (primary N) is 1. The molecule has 96 valence electrons. The second kappa shape index (κ2) is 7.04. The summed E-state index contributed by atoms with van der Waals surface area (Å²) in [7, 11) is 4.27. The molecule has 0 heterocycles. The Kier molecular flexibility index (Phi) is 6.03. The molecule has 0 aliphatic heterocycles. The molecular weight excluding hydrogens is 228 g/mol. The van der Waals surface area contributed by atoms with Crippen LogP contribution in [0.25, 0.3) is 0 Å². The molecule has 2 N–H and O–H groups in total. The van der Waals surface area contributed by atoms with E-state index in [2.05, 4.69) is 56.4 Å². The fourth-order valence-corrected chi connectivity index (χ4v) is 2.36. The molecule has 2 atom stereocenters. The van der Waals surface area contributed by atoms with Crippen LogP contribution in [0.4, 0.5) is 0 Å². The first-order chi connectivity index (χ1) is 8.08. The zero-order chi connectivity index (χ0) is 12.8. The lowest BCUT2D eigenvalue weighted by Crippen LogP contribution is -2.24. The van der Waals surface area contributed by atoms with Gasteiger partial charge in [-0.05, 0) is 56.9 Å². The van der Waals surface area contributed by atoms with E-state index in [1.807, 2.05) is 0 Å². The Hall–Kier alpha value is -0.510. The summed E-state index contributed by atoms with van der Waals surface area (Å²) in [5.74, 6) is 0.558. The van der Waals surface area contributed by atoms with Crippen LogP contribution in [0.2, 0.25) is 0 Å². The first-order valence-electron chi connectivity index (χ1n) is 6.09. The quantitative estimate of drug-likeness (QED) is 0.789. The maximum atomic E-state index is 5.72. The first-order valence-corrected chi connectivity index (χ1v) is 7.31. The Morgan fingerprint density at radius 1 is 1.24 bits per heavy atom. The van der Waals surface area contributed by atoms with Crippen molar-refractivity contribution in [1.29, 1.82) is 0 Å². The fourth-order valence-electron chi connectivity index (χ4n) is 1.95. The summed E-state index contributed by atoms with van der Waals surface area (Å²) in [6.07, 6.45) is 3.22. The Labute approximate surface area is 110 Å². The van der Waals surface area contributed by atoms with Crippen LogP contribution in [0.3, 0.4) is 0 Å². The summed E-state index contributed by atoms with van der Waals surface area (Å²) in [5.41, 5.74) is 7.10. The number of thioether (sulfide) groups is 1. The maximum absolute atomic E-state index is 5.72. The van der Waals surface area contributed by atoms with Crippen molar-refractivity contribution in [2.24, 2.45) is 11.7 Å². The number of nitrogens with zero attached hydrogens (tertiary/aromatic N) is 1. The van der Waals surface area contributed by atoms with Crippen molar-refractivity contribution in [2.45, 2.75) is 24.3 Å². The normalized spacial score (nSPS) is 14.9. The molecule has 1 aromatic carbocycles. The largest absolute Gasteiger partial charge is 0.330 e. The predicted molar refractivity (Wildman–Crippen MR) is 77.5 cm³/mol. The van der Waals surface area contributed by atoms with Gasteiger partial charge in [0.1, 0.15) is 0 Å². The van der Waals surface area contributed by atoms with Gasteiger partial charge in [-0.25, -0.2) is 0 Å². The maximum Gasteiger partial charge on any atom is 0.0345 e. The van der Waals surface area contributed by atoms with Crippen LogP contribution in [-0.2, 0) is 0 Å². The van der Waals surface area contributed by atoms with Gasteiger partial charge >= 0.3 is 0 Å². The number of benzene rings is 1. The Balaban J connectivity index is 2.81. The molecule has 0 amide bonds. The van der Waals surface area contributed by atoms with Gasteiger partial charge in [0.05, 0.1) is 0 Å². The van der Waals surface area contributed by atoms with E-state index in [1.165, 1.54) is 10.5 Å². The minimum absolute atomic E-state index is 0.462. The standard InChI is InChI=1S/C14H24N2S/c1-11(10-15)9-14(16(2)3)12-5-7-13(17-4)8-6-12/h5-8,11,14H,9-10,15H2,1-4H3. The molecule has 0 radical (unpaired) electrons. The van der Waals surface area contributed by atoms with Crippen LogP contribution in [0.15, 0.2) is 29.2 Å². The van der Waals surface area contributed by atoms with E-state index in [0.29, 0.717) is 12.0 Å².